The van der Waals surface area contributed by atoms with Crippen molar-refractivity contribution in [3.05, 3.63) is 11.8 Å². The van der Waals surface area contributed by atoms with Crippen LogP contribution in [-0.2, 0) is 0 Å². The van der Waals surface area contributed by atoms with Crippen molar-refractivity contribution in [2.75, 3.05) is 0 Å². The van der Waals surface area contributed by atoms with E-state index in [1.807, 2.05) is 0 Å². The number of hydrogen-bond acceptors (Lipinski definition) is 0. The summed E-state index contributed by atoms with van der Waals surface area (Å²) in [6.07, 6.45) is 2.76. The van der Waals surface area contributed by atoms with Gasteiger partial charge in [0, 0.05) is 0 Å². The lowest BCUT2D eigenvalue weighted by atomic mass is 9.69. The first-order chi connectivity index (χ1) is 7.97. The minimum absolute atomic E-state index is 0.182. The molecule has 0 unspecified atom stereocenters. The summed E-state index contributed by atoms with van der Waals surface area (Å²) < 4.78 is 37.6. The molecule has 17 heavy (non-hydrogen) atoms. The normalized spacial score (nSPS) is 27.5. The third-order valence-electron chi connectivity index (χ3n) is 4.48. The average Bonchev–Trinajstić information content (AvgIpc) is 2.29. The van der Waals surface area contributed by atoms with Gasteiger partial charge in [0.15, 0.2) is 0 Å². The molecule has 0 bridgehead atoms. The zero-order valence-electron chi connectivity index (χ0n) is 10.4. The van der Waals surface area contributed by atoms with Crippen LogP contribution in [0.1, 0.15) is 58.3 Å². The first-order valence-electron chi connectivity index (χ1n) is 6.73. The highest BCUT2D eigenvalue weighted by Gasteiger charge is 2.43. The molecule has 2 radical (unpaired) electrons. The summed E-state index contributed by atoms with van der Waals surface area (Å²) in [5.74, 6) is 2.66. The Morgan fingerprint density at radius 3 is 1.88 bits per heavy atom. The van der Waals surface area contributed by atoms with Crippen LogP contribution in [0.4, 0.5) is 13.2 Å². The molecule has 2 aliphatic carbocycles. The summed E-state index contributed by atoms with van der Waals surface area (Å²) in [7, 11) is 0. The van der Waals surface area contributed by atoms with E-state index in [-0.39, 0.29) is 18.8 Å². The highest BCUT2D eigenvalue weighted by molar-refractivity contribution is 5.08. The van der Waals surface area contributed by atoms with E-state index in [1.165, 1.54) is 12.8 Å². The van der Waals surface area contributed by atoms with Gasteiger partial charge in [0.05, 0.1) is 5.92 Å². The van der Waals surface area contributed by atoms with Crippen molar-refractivity contribution < 1.29 is 13.2 Å². The molecule has 2 saturated carbocycles. The summed E-state index contributed by atoms with van der Waals surface area (Å²) in [6, 6.07) is 0. The maximum Gasteiger partial charge on any atom is 0.395 e. The molecule has 98 valence electrons. The Morgan fingerprint density at radius 1 is 0.882 bits per heavy atom. The first-order valence-corrected chi connectivity index (χ1v) is 6.73. The van der Waals surface area contributed by atoms with E-state index in [1.54, 1.807) is 5.92 Å². The zero-order chi connectivity index (χ0) is 12.5. The van der Waals surface area contributed by atoms with Gasteiger partial charge in [-0.05, 0) is 56.3 Å². The molecule has 0 spiro atoms. The molecular formula is C14H21F3. The van der Waals surface area contributed by atoms with Crippen LogP contribution in [0.25, 0.3) is 0 Å². The van der Waals surface area contributed by atoms with Gasteiger partial charge < -0.3 is 0 Å². The van der Waals surface area contributed by atoms with E-state index in [4.69, 9.17) is 0 Å². The fourth-order valence-corrected chi connectivity index (χ4v) is 3.20. The van der Waals surface area contributed by atoms with Crippen molar-refractivity contribution in [3.8, 4) is 0 Å². The Labute approximate surface area is 102 Å². The van der Waals surface area contributed by atoms with Crippen molar-refractivity contribution in [3.63, 3.8) is 0 Å². The van der Waals surface area contributed by atoms with Gasteiger partial charge in [0.25, 0.3) is 0 Å². The minimum Gasteiger partial charge on any atom is -0.170 e. The maximum absolute atomic E-state index is 12.5. The predicted molar refractivity (Wildman–Crippen MR) is 62.1 cm³/mol. The third-order valence-corrected chi connectivity index (χ3v) is 4.48. The highest BCUT2D eigenvalue weighted by atomic mass is 19.4. The first kappa shape index (κ1) is 13.2. The lowest BCUT2D eigenvalue weighted by Gasteiger charge is -2.37. The second-order valence-corrected chi connectivity index (χ2v) is 5.72. The molecule has 0 atom stereocenters. The van der Waals surface area contributed by atoms with Crippen LogP contribution in [-0.4, -0.2) is 6.18 Å². The van der Waals surface area contributed by atoms with Gasteiger partial charge in [-0.15, -0.1) is 0 Å². The Balaban J connectivity index is 1.79. The van der Waals surface area contributed by atoms with Crippen LogP contribution in [0.15, 0.2) is 0 Å². The van der Waals surface area contributed by atoms with E-state index < -0.39 is 6.18 Å². The highest BCUT2D eigenvalue weighted by Crippen LogP contribution is 2.46. The second-order valence-electron chi connectivity index (χ2n) is 5.72. The minimum atomic E-state index is -4.04. The van der Waals surface area contributed by atoms with Crippen LogP contribution in [0.3, 0.4) is 0 Å². The Morgan fingerprint density at radius 2 is 1.41 bits per heavy atom. The van der Waals surface area contributed by atoms with Crippen LogP contribution in [0, 0.1) is 23.7 Å². The summed E-state index contributed by atoms with van der Waals surface area (Å²) in [6.45, 7) is 2.27. The van der Waals surface area contributed by atoms with Gasteiger partial charge in [0.1, 0.15) is 0 Å². The Kier molecular flexibility index (Phi) is 4.04. The van der Waals surface area contributed by atoms with Crippen LogP contribution in [0.5, 0.6) is 0 Å². The van der Waals surface area contributed by atoms with Gasteiger partial charge in [-0.2, -0.15) is 13.2 Å². The SMILES string of the molecule is CC1CC[C](C2CC[C](C(F)(F)F)CC2)CC1. The number of hydrogen-bond donors (Lipinski definition) is 0. The van der Waals surface area contributed by atoms with E-state index in [0.29, 0.717) is 5.92 Å². The molecule has 0 saturated heterocycles. The number of rotatable bonds is 1. The second kappa shape index (κ2) is 5.19. The number of halogens is 3. The average molecular weight is 246 g/mol. The quantitative estimate of drug-likeness (QED) is 0.604. The molecule has 0 N–H and O–H groups in total. The van der Waals surface area contributed by atoms with Crippen molar-refractivity contribution in [2.24, 2.45) is 11.8 Å². The third kappa shape index (κ3) is 3.38. The van der Waals surface area contributed by atoms with Crippen LogP contribution in [0.2, 0.25) is 0 Å². The molecule has 2 aliphatic rings. The smallest absolute Gasteiger partial charge is 0.170 e. The molecule has 0 aromatic carbocycles. The lowest BCUT2D eigenvalue weighted by molar-refractivity contribution is -0.122. The van der Waals surface area contributed by atoms with Crippen molar-refractivity contribution in [2.45, 2.75) is 64.5 Å². The molecule has 2 fully saturated rings. The molecule has 0 aromatic rings. The Hall–Kier alpha value is -0.210. The van der Waals surface area contributed by atoms with E-state index in [9.17, 15) is 13.2 Å². The summed E-state index contributed by atoms with van der Waals surface area (Å²) in [5, 5.41) is 0. The van der Waals surface area contributed by atoms with Gasteiger partial charge in [-0.25, -0.2) is 0 Å². The van der Waals surface area contributed by atoms with Crippen molar-refractivity contribution >= 4 is 0 Å². The molecule has 0 aromatic heterocycles. The van der Waals surface area contributed by atoms with Crippen molar-refractivity contribution in [1.82, 2.24) is 0 Å². The molecule has 0 aliphatic heterocycles. The molecule has 0 amide bonds. The predicted octanol–water partition coefficient (Wildman–Crippen LogP) is 5.10. The largest absolute Gasteiger partial charge is 0.395 e. The van der Waals surface area contributed by atoms with Crippen molar-refractivity contribution in [1.29, 1.82) is 0 Å². The van der Waals surface area contributed by atoms with Gasteiger partial charge in [-0.1, -0.05) is 19.8 Å². The van der Waals surface area contributed by atoms with Gasteiger partial charge in [-0.3, -0.25) is 0 Å². The fourth-order valence-electron chi connectivity index (χ4n) is 3.20. The van der Waals surface area contributed by atoms with Gasteiger partial charge in [0.2, 0.25) is 0 Å². The molecule has 0 nitrogen and oxygen atoms in total. The van der Waals surface area contributed by atoms with E-state index >= 15 is 0 Å². The lowest BCUT2D eigenvalue weighted by Crippen LogP contribution is -2.29. The summed E-state index contributed by atoms with van der Waals surface area (Å²) in [4.78, 5) is 0. The topological polar surface area (TPSA) is 0 Å². The maximum atomic E-state index is 12.5. The van der Waals surface area contributed by atoms with Crippen LogP contribution >= 0.6 is 0 Å². The van der Waals surface area contributed by atoms with E-state index in [2.05, 4.69) is 6.92 Å². The molecule has 3 heteroatoms. The zero-order valence-corrected chi connectivity index (χ0v) is 10.4. The summed E-state index contributed by atoms with van der Waals surface area (Å²) >= 11 is 0. The number of alkyl halides is 3. The molecule has 0 heterocycles. The summed E-state index contributed by atoms with van der Waals surface area (Å²) in [5.41, 5.74) is 0. The Bertz CT molecular complexity index is 230. The fraction of sp³-hybridized carbons (Fsp3) is 0.857. The van der Waals surface area contributed by atoms with Crippen LogP contribution < -0.4 is 0 Å². The van der Waals surface area contributed by atoms with E-state index in [0.717, 1.165) is 31.6 Å². The standard InChI is InChI=1S/C14H21F3/c1-10-2-4-11(5-3-10)12-6-8-13(9-7-12)14(15,16)17/h10,12H,2-9H2,1H3. The molecule has 2 rings (SSSR count). The van der Waals surface area contributed by atoms with Gasteiger partial charge >= 0.3 is 6.18 Å². The monoisotopic (exact) mass is 246 g/mol. The molecular weight excluding hydrogens is 225 g/mol.